The van der Waals surface area contributed by atoms with Crippen molar-refractivity contribution >= 4 is 17.4 Å². The van der Waals surface area contributed by atoms with Crippen LogP contribution in [-0.4, -0.2) is 40.2 Å². The number of hydrogen-bond donors (Lipinski definition) is 2. The molecule has 6 nitrogen and oxygen atoms in total. The largest absolute Gasteiger partial charge is 0.496 e. The molecule has 0 aliphatic heterocycles. The van der Waals surface area contributed by atoms with Gasteiger partial charge in [0.15, 0.2) is 0 Å². The molecule has 0 heterocycles. The number of anilines is 1. The zero-order chi connectivity index (χ0) is 19.1. The van der Waals surface area contributed by atoms with E-state index in [9.17, 15) is 5.11 Å². The molecular formula is C19H25NO5S. The topological polar surface area (TPSA) is 83.2 Å². The fourth-order valence-electron chi connectivity index (χ4n) is 2.65. The highest BCUT2D eigenvalue weighted by atomic mass is 32.2. The maximum atomic E-state index is 9.95. The van der Waals surface area contributed by atoms with Crippen LogP contribution in [0.25, 0.3) is 0 Å². The first-order valence-corrected chi connectivity index (χ1v) is 9.07. The van der Waals surface area contributed by atoms with Crippen LogP contribution in [0.2, 0.25) is 0 Å². The Morgan fingerprint density at radius 2 is 1.54 bits per heavy atom. The molecule has 1 atom stereocenters. The van der Waals surface area contributed by atoms with Crippen molar-refractivity contribution in [1.29, 1.82) is 0 Å². The lowest BCUT2D eigenvalue weighted by molar-refractivity contribution is 0.289. The van der Waals surface area contributed by atoms with Crippen LogP contribution >= 0.6 is 11.8 Å². The fraction of sp³-hybridized carbons (Fsp3) is 0.368. The summed E-state index contributed by atoms with van der Waals surface area (Å²) in [5.41, 5.74) is 8.39. The Balaban J connectivity index is 2.26. The number of aliphatic hydroxyl groups is 1. The van der Waals surface area contributed by atoms with Gasteiger partial charge in [-0.2, -0.15) is 0 Å². The predicted octanol–water partition coefficient (Wildman–Crippen LogP) is 3.27. The molecule has 0 radical (unpaired) electrons. The van der Waals surface area contributed by atoms with Crippen LogP contribution in [0.5, 0.6) is 23.0 Å². The molecular weight excluding hydrogens is 354 g/mol. The van der Waals surface area contributed by atoms with Crippen LogP contribution < -0.4 is 24.7 Å². The second-order valence-electron chi connectivity index (χ2n) is 5.50. The van der Waals surface area contributed by atoms with E-state index in [1.165, 1.54) is 0 Å². The zero-order valence-electron chi connectivity index (χ0n) is 15.4. The number of hydrogen-bond acceptors (Lipinski definition) is 7. The van der Waals surface area contributed by atoms with Gasteiger partial charge in [-0.3, -0.25) is 0 Å². The number of ether oxygens (including phenoxy) is 4. The molecule has 0 aliphatic carbocycles. The monoisotopic (exact) mass is 379 g/mol. The quantitative estimate of drug-likeness (QED) is 0.647. The van der Waals surface area contributed by atoms with Crippen LogP contribution in [0.4, 0.5) is 5.69 Å². The Morgan fingerprint density at radius 3 is 2.00 bits per heavy atom. The third kappa shape index (κ3) is 4.47. The number of thioether (sulfide) groups is 1. The highest BCUT2D eigenvalue weighted by molar-refractivity contribution is 7.98. The Hall–Kier alpha value is -2.25. The van der Waals surface area contributed by atoms with E-state index in [0.29, 0.717) is 34.4 Å². The molecule has 3 N–H and O–H groups in total. The molecule has 0 spiro atoms. The average molecular weight is 379 g/mol. The first-order chi connectivity index (χ1) is 12.6. The van der Waals surface area contributed by atoms with Crippen LogP contribution in [0.1, 0.15) is 16.4 Å². The van der Waals surface area contributed by atoms with Crippen molar-refractivity contribution in [3.8, 4) is 23.0 Å². The molecule has 1 unspecified atom stereocenters. The normalized spacial score (nSPS) is 11.7. The minimum absolute atomic E-state index is 0.0602. The van der Waals surface area contributed by atoms with E-state index >= 15 is 0 Å². The first kappa shape index (κ1) is 20.1. The predicted molar refractivity (Wildman–Crippen MR) is 105 cm³/mol. The van der Waals surface area contributed by atoms with Gasteiger partial charge in [-0.1, -0.05) is 6.07 Å². The summed E-state index contributed by atoms with van der Waals surface area (Å²) in [6.45, 7) is -0.0602. The summed E-state index contributed by atoms with van der Waals surface area (Å²) in [7, 11) is 6.34. The standard InChI is InChI=1S/C19H25NO5S/c1-22-13-8-16(24-3)19(17(9-13)25-4)18(10-21)26-11-12-5-6-15(23-2)14(20)7-12/h5-9,18,21H,10-11,20H2,1-4H3. The molecule has 0 bridgehead atoms. The molecule has 142 valence electrons. The average Bonchev–Trinajstić information content (AvgIpc) is 2.68. The molecule has 26 heavy (non-hydrogen) atoms. The number of benzene rings is 2. The Labute approximate surface area is 158 Å². The van der Waals surface area contributed by atoms with E-state index in [1.807, 2.05) is 18.2 Å². The molecule has 2 rings (SSSR count). The van der Waals surface area contributed by atoms with Crippen LogP contribution in [0.15, 0.2) is 30.3 Å². The lowest BCUT2D eigenvalue weighted by Crippen LogP contribution is -2.06. The van der Waals surface area contributed by atoms with Crippen molar-refractivity contribution in [3.05, 3.63) is 41.5 Å². The van der Waals surface area contributed by atoms with Gasteiger partial charge in [-0.15, -0.1) is 11.8 Å². The SMILES string of the molecule is COc1cc(OC)c(C(CO)SCc2ccc(OC)c(N)c2)c(OC)c1. The zero-order valence-corrected chi connectivity index (χ0v) is 16.3. The summed E-state index contributed by atoms with van der Waals surface area (Å²) in [5.74, 6) is 3.17. The van der Waals surface area contributed by atoms with Crippen molar-refractivity contribution < 1.29 is 24.1 Å². The number of rotatable bonds is 9. The van der Waals surface area contributed by atoms with E-state index in [-0.39, 0.29) is 11.9 Å². The summed E-state index contributed by atoms with van der Waals surface area (Å²) >= 11 is 1.58. The summed E-state index contributed by atoms with van der Waals surface area (Å²) in [6.07, 6.45) is 0. The Morgan fingerprint density at radius 1 is 0.923 bits per heavy atom. The second-order valence-corrected chi connectivity index (χ2v) is 6.70. The molecule has 2 aromatic rings. The van der Waals surface area contributed by atoms with Crippen LogP contribution in [-0.2, 0) is 5.75 Å². The number of nitrogens with two attached hydrogens (primary N) is 1. The van der Waals surface area contributed by atoms with Crippen LogP contribution in [0.3, 0.4) is 0 Å². The van der Waals surface area contributed by atoms with Gasteiger partial charge in [0.25, 0.3) is 0 Å². The van der Waals surface area contributed by atoms with Crippen LogP contribution in [0, 0.1) is 0 Å². The van der Waals surface area contributed by atoms with Gasteiger partial charge in [0.2, 0.25) is 0 Å². The molecule has 0 saturated carbocycles. The third-order valence-corrected chi connectivity index (χ3v) is 5.27. The summed E-state index contributed by atoms with van der Waals surface area (Å²) in [4.78, 5) is 0. The summed E-state index contributed by atoms with van der Waals surface area (Å²) in [5, 5.41) is 9.73. The van der Waals surface area contributed by atoms with Gasteiger partial charge in [0, 0.05) is 17.9 Å². The smallest absolute Gasteiger partial charge is 0.141 e. The number of aliphatic hydroxyl groups excluding tert-OH is 1. The van der Waals surface area contributed by atoms with Gasteiger partial charge >= 0.3 is 0 Å². The molecule has 2 aromatic carbocycles. The highest BCUT2D eigenvalue weighted by Gasteiger charge is 2.22. The third-order valence-electron chi connectivity index (χ3n) is 3.99. The molecule has 0 fully saturated rings. The first-order valence-electron chi connectivity index (χ1n) is 8.02. The molecule has 7 heteroatoms. The molecule has 0 aliphatic rings. The van der Waals surface area contributed by atoms with Crippen molar-refractivity contribution in [1.82, 2.24) is 0 Å². The van der Waals surface area contributed by atoms with Crippen molar-refractivity contribution in [3.63, 3.8) is 0 Å². The highest BCUT2D eigenvalue weighted by Crippen LogP contribution is 2.44. The minimum Gasteiger partial charge on any atom is -0.496 e. The number of nitrogen functional groups attached to an aromatic ring is 1. The van der Waals surface area contributed by atoms with Gasteiger partial charge in [0.1, 0.15) is 23.0 Å². The van der Waals surface area contributed by atoms with E-state index < -0.39 is 0 Å². The van der Waals surface area contributed by atoms with Crippen molar-refractivity contribution in [2.45, 2.75) is 11.0 Å². The van der Waals surface area contributed by atoms with E-state index in [1.54, 1.807) is 52.3 Å². The van der Waals surface area contributed by atoms with Crippen molar-refractivity contribution in [2.24, 2.45) is 0 Å². The minimum atomic E-state index is -0.228. The summed E-state index contributed by atoms with van der Waals surface area (Å²) < 4.78 is 21.4. The van der Waals surface area contributed by atoms with E-state index in [4.69, 9.17) is 24.7 Å². The van der Waals surface area contributed by atoms with Gasteiger partial charge in [-0.25, -0.2) is 0 Å². The van der Waals surface area contributed by atoms with Gasteiger partial charge in [-0.05, 0) is 17.7 Å². The Kier molecular flexibility index (Phi) is 7.29. The van der Waals surface area contributed by atoms with E-state index in [2.05, 4.69) is 0 Å². The summed E-state index contributed by atoms with van der Waals surface area (Å²) in [6, 6.07) is 9.24. The molecule has 0 aromatic heterocycles. The van der Waals surface area contributed by atoms with Crippen molar-refractivity contribution in [2.75, 3.05) is 40.8 Å². The van der Waals surface area contributed by atoms with Gasteiger partial charge < -0.3 is 29.8 Å². The number of methoxy groups -OCH3 is 4. The second kappa shape index (κ2) is 9.45. The lowest BCUT2D eigenvalue weighted by atomic mass is 10.1. The lowest BCUT2D eigenvalue weighted by Gasteiger charge is -2.21. The molecule has 0 amide bonds. The molecule has 0 saturated heterocycles. The Bertz CT molecular complexity index is 713. The van der Waals surface area contributed by atoms with Gasteiger partial charge in [0.05, 0.1) is 51.5 Å². The fourth-order valence-corrected chi connectivity index (χ4v) is 3.73. The maximum Gasteiger partial charge on any atom is 0.141 e. The maximum absolute atomic E-state index is 9.95. The van der Waals surface area contributed by atoms with E-state index in [0.717, 1.165) is 11.1 Å².